The van der Waals surface area contributed by atoms with Crippen molar-refractivity contribution in [1.82, 2.24) is 0 Å². The molecule has 0 heterocycles. The molecule has 3 aliphatic carbocycles. The van der Waals surface area contributed by atoms with E-state index in [0.717, 1.165) is 23.1 Å². The van der Waals surface area contributed by atoms with Crippen LogP contribution in [-0.2, 0) is 20.7 Å². The number of rotatable bonds is 3. The number of allylic oxidation sites excluding steroid dienone is 2. The third-order valence-electron chi connectivity index (χ3n) is 7.27. The third-order valence-corrected chi connectivity index (χ3v) is 8.23. The molecule has 0 amide bonds. The van der Waals surface area contributed by atoms with Crippen molar-refractivity contribution >= 4 is 16.1 Å². The summed E-state index contributed by atoms with van der Waals surface area (Å²) >= 11 is 0. The highest BCUT2D eigenvalue weighted by Crippen LogP contribution is 2.62. The Hall–Kier alpha value is -2.03. The van der Waals surface area contributed by atoms with E-state index in [4.69, 9.17) is 0 Å². The Balaban J connectivity index is 1.63. The van der Waals surface area contributed by atoms with Crippen LogP contribution in [0.1, 0.15) is 65.6 Å². The number of fused-ring (bicyclic) bond motifs is 5. The molecule has 9 heteroatoms. The summed E-state index contributed by atoms with van der Waals surface area (Å²) in [7, 11) is -5.69. The maximum absolute atomic E-state index is 12.8. The molecule has 4 atom stereocenters. The maximum Gasteiger partial charge on any atom is 0.534 e. The number of carbonyl (C=O) groups is 1. The van der Waals surface area contributed by atoms with Crippen LogP contribution in [0.15, 0.2) is 24.0 Å². The molecule has 4 rings (SSSR count). The Bertz CT molecular complexity index is 1040. The van der Waals surface area contributed by atoms with Crippen LogP contribution in [0.25, 0.3) is 0 Å². The number of hydrogen-bond acceptors (Lipinski definition) is 4. The Labute approximate surface area is 173 Å². The number of carboxylic acid groups (broad SMARTS) is 1. The zero-order valence-electron chi connectivity index (χ0n) is 16.6. The van der Waals surface area contributed by atoms with Gasteiger partial charge in [0.25, 0.3) is 0 Å². The number of aromatic carboxylic acids is 1. The first-order valence-electron chi connectivity index (χ1n) is 9.93. The molecule has 0 unspecified atom stereocenters. The summed E-state index contributed by atoms with van der Waals surface area (Å²) in [5.74, 6) is -0.710. The smallest absolute Gasteiger partial charge is 0.478 e. The van der Waals surface area contributed by atoms with Crippen molar-refractivity contribution in [1.29, 1.82) is 0 Å². The van der Waals surface area contributed by atoms with Crippen LogP contribution in [-0.4, -0.2) is 25.0 Å². The molecule has 3 aliphatic rings. The molecule has 1 fully saturated rings. The van der Waals surface area contributed by atoms with Crippen molar-refractivity contribution in [2.24, 2.45) is 17.3 Å². The van der Waals surface area contributed by atoms with Crippen LogP contribution in [0.5, 0.6) is 0 Å². The Morgan fingerprint density at radius 2 is 1.97 bits per heavy atom. The monoisotopic (exact) mass is 444 g/mol. The fraction of sp³-hybridized carbons (Fsp3) is 0.571. The first-order valence-corrected chi connectivity index (χ1v) is 11.3. The highest BCUT2D eigenvalue weighted by atomic mass is 32.2. The number of hydrogen-bond donors (Lipinski definition) is 1. The van der Waals surface area contributed by atoms with Gasteiger partial charge in [-0.15, -0.1) is 0 Å². The zero-order valence-corrected chi connectivity index (χ0v) is 17.4. The Morgan fingerprint density at radius 1 is 1.27 bits per heavy atom. The van der Waals surface area contributed by atoms with E-state index in [1.54, 1.807) is 19.1 Å². The molecule has 0 spiro atoms. The van der Waals surface area contributed by atoms with Gasteiger partial charge in [-0.25, -0.2) is 4.79 Å². The maximum atomic E-state index is 12.8. The molecule has 1 aromatic carbocycles. The topological polar surface area (TPSA) is 80.7 Å². The summed E-state index contributed by atoms with van der Waals surface area (Å²) < 4.78 is 66.2. The lowest BCUT2D eigenvalue weighted by Gasteiger charge is -2.50. The van der Waals surface area contributed by atoms with E-state index in [0.29, 0.717) is 25.7 Å². The van der Waals surface area contributed by atoms with Crippen molar-refractivity contribution in [2.45, 2.75) is 57.4 Å². The highest BCUT2D eigenvalue weighted by Gasteiger charge is 2.56. The number of aryl methyl sites for hydroxylation is 2. The summed E-state index contributed by atoms with van der Waals surface area (Å²) in [6.07, 6.45) is 4.66. The average Bonchev–Trinajstić information content (AvgIpc) is 2.96. The second-order valence-electron chi connectivity index (χ2n) is 8.83. The minimum Gasteiger partial charge on any atom is -0.478 e. The molecule has 0 aromatic heterocycles. The lowest BCUT2D eigenvalue weighted by molar-refractivity contribution is -0.0544. The molecule has 164 valence electrons. The molecule has 1 saturated carbocycles. The van der Waals surface area contributed by atoms with E-state index < -0.39 is 27.0 Å². The van der Waals surface area contributed by atoms with Gasteiger partial charge in [0.15, 0.2) is 0 Å². The standard InChI is InChI=1S/C21H23F3O5S/c1-11-9-13(19(25)26)10-12-3-4-14-15(18(11)12)7-8-20(2)16(14)5-6-17(20)29-30(27,28)21(22,23)24/h6,9-10,14-16H,3-5,7-8H2,1-2H3,(H,25,26)/t14-,15+,16+,20+/m1/s1. The molecule has 0 aliphatic heterocycles. The lowest BCUT2D eigenvalue weighted by atomic mass is 9.55. The fourth-order valence-corrected chi connectivity index (χ4v) is 6.51. The number of carboxylic acids is 1. The van der Waals surface area contributed by atoms with Crippen LogP contribution in [0, 0.1) is 24.2 Å². The minimum atomic E-state index is -5.69. The van der Waals surface area contributed by atoms with Crippen molar-refractivity contribution in [3.63, 3.8) is 0 Å². The van der Waals surface area contributed by atoms with Gasteiger partial charge >= 0.3 is 21.6 Å². The molecule has 1 N–H and O–H groups in total. The van der Waals surface area contributed by atoms with Gasteiger partial charge in [-0.1, -0.05) is 6.92 Å². The quantitative estimate of drug-likeness (QED) is 0.529. The molecule has 0 saturated heterocycles. The second kappa shape index (κ2) is 6.73. The first-order chi connectivity index (χ1) is 13.8. The van der Waals surface area contributed by atoms with Crippen molar-refractivity contribution in [2.75, 3.05) is 0 Å². The number of benzene rings is 1. The summed E-state index contributed by atoms with van der Waals surface area (Å²) in [6, 6.07) is 3.40. The van der Waals surface area contributed by atoms with E-state index in [9.17, 15) is 31.5 Å². The Morgan fingerprint density at radius 3 is 2.60 bits per heavy atom. The summed E-state index contributed by atoms with van der Waals surface area (Å²) in [5, 5.41) is 9.33. The molecule has 30 heavy (non-hydrogen) atoms. The molecule has 1 aromatic rings. The zero-order chi connectivity index (χ0) is 22.1. The third kappa shape index (κ3) is 3.13. The number of halogens is 3. The Kier molecular flexibility index (Phi) is 4.76. The normalized spacial score (nSPS) is 30.7. The minimum absolute atomic E-state index is 0.0126. The summed E-state index contributed by atoms with van der Waals surface area (Å²) in [4.78, 5) is 11.4. The van der Waals surface area contributed by atoms with Crippen molar-refractivity contribution in [3.8, 4) is 0 Å². The first kappa shape index (κ1) is 21.2. The SMILES string of the molecule is Cc1cc(C(=O)O)cc2c1[C@H]1CC[C@]3(C)C(OS(=O)(=O)C(F)(F)F)=CC[C@H]3[C@@H]1CC2. The summed E-state index contributed by atoms with van der Waals surface area (Å²) in [6.45, 7) is 3.70. The van der Waals surface area contributed by atoms with Gasteiger partial charge in [-0.2, -0.15) is 21.6 Å². The lowest BCUT2D eigenvalue weighted by Crippen LogP contribution is -2.42. The van der Waals surface area contributed by atoms with E-state index in [2.05, 4.69) is 4.18 Å². The molecule has 0 radical (unpaired) electrons. The highest BCUT2D eigenvalue weighted by molar-refractivity contribution is 7.87. The second-order valence-corrected chi connectivity index (χ2v) is 10.4. The van der Waals surface area contributed by atoms with E-state index in [1.165, 1.54) is 6.08 Å². The van der Waals surface area contributed by atoms with Gasteiger partial charge < -0.3 is 9.29 Å². The van der Waals surface area contributed by atoms with Crippen LogP contribution in [0.2, 0.25) is 0 Å². The predicted octanol–water partition coefficient (Wildman–Crippen LogP) is 4.91. The van der Waals surface area contributed by atoms with Gasteiger partial charge in [-0.3, -0.25) is 0 Å². The van der Waals surface area contributed by atoms with Crippen LogP contribution >= 0.6 is 0 Å². The van der Waals surface area contributed by atoms with Gasteiger partial charge in [0.1, 0.15) is 5.76 Å². The largest absolute Gasteiger partial charge is 0.534 e. The molecular weight excluding hydrogens is 421 g/mol. The van der Waals surface area contributed by atoms with E-state index >= 15 is 0 Å². The van der Waals surface area contributed by atoms with Crippen LogP contribution in [0.3, 0.4) is 0 Å². The van der Waals surface area contributed by atoms with Gasteiger partial charge in [-0.05, 0) is 91.7 Å². The van der Waals surface area contributed by atoms with Crippen molar-refractivity contribution in [3.05, 3.63) is 46.2 Å². The van der Waals surface area contributed by atoms with Gasteiger partial charge in [0, 0.05) is 5.41 Å². The van der Waals surface area contributed by atoms with Gasteiger partial charge in [0.2, 0.25) is 0 Å². The summed E-state index contributed by atoms with van der Waals surface area (Å²) in [5.41, 5.74) is -2.85. The van der Waals surface area contributed by atoms with Crippen LogP contribution < -0.4 is 0 Å². The molecule has 5 nitrogen and oxygen atoms in total. The van der Waals surface area contributed by atoms with Gasteiger partial charge in [0.05, 0.1) is 5.56 Å². The predicted molar refractivity (Wildman–Crippen MR) is 102 cm³/mol. The van der Waals surface area contributed by atoms with Crippen LogP contribution in [0.4, 0.5) is 13.2 Å². The van der Waals surface area contributed by atoms with E-state index in [1.807, 2.05) is 6.92 Å². The molecule has 0 bridgehead atoms. The van der Waals surface area contributed by atoms with Crippen molar-refractivity contribution < 1.29 is 35.7 Å². The molecular formula is C21H23F3O5S. The average molecular weight is 444 g/mol. The number of alkyl halides is 3. The fourth-order valence-electron chi connectivity index (χ4n) is 5.93. The van der Waals surface area contributed by atoms with E-state index in [-0.39, 0.29) is 29.1 Å².